The Balaban J connectivity index is 1.94. The van der Waals surface area contributed by atoms with Gasteiger partial charge in [0.15, 0.2) is 0 Å². The van der Waals surface area contributed by atoms with Crippen LogP contribution in [0.3, 0.4) is 0 Å². The molecule has 0 aliphatic carbocycles. The van der Waals surface area contributed by atoms with Crippen LogP contribution in [0.1, 0.15) is 5.56 Å². The van der Waals surface area contributed by atoms with E-state index in [1.54, 1.807) is 18.0 Å². The largest absolute Gasteiger partial charge is 0.497 e. The molecule has 0 unspecified atom stereocenters. The lowest BCUT2D eigenvalue weighted by Gasteiger charge is -2.02. The highest BCUT2D eigenvalue weighted by Crippen LogP contribution is 2.29. The van der Waals surface area contributed by atoms with E-state index in [1.165, 1.54) is 0 Å². The van der Waals surface area contributed by atoms with Crippen molar-refractivity contribution >= 4 is 34.6 Å². The Kier molecular flexibility index (Phi) is 3.97. The first kappa shape index (κ1) is 14.4. The summed E-state index contributed by atoms with van der Waals surface area (Å²) >= 11 is 1.12. The van der Waals surface area contributed by atoms with Crippen LogP contribution >= 0.6 is 11.8 Å². The number of hydrogen-bond donors (Lipinski definition) is 1. The molecule has 112 valence electrons. The summed E-state index contributed by atoms with van der Waals surface area (Å²) in [5, 5.41) is 6.72. The van der Waals surface area contributed by atoms with E-state index in [1.807, 2.05) is 43.6 Å². The van der Waals surface area contributed by atoms with Crippen molar-refractivity contribution in [1.82, 2.24) is 15.1 Å². The molecule has 7 heteroatoms. The van der Waals surface area contributed by atoms with Crippen molar-refractivity contribution in [3.05, 3.63) is 47.1 Å². The number of carbonyl (C=O) groups excluding carboxylic acids is 1. The van der Waals surface area contributed by atoms with E-state index in [0.717, 1.165) is 28.0 Å². The number of nitrogens with zero attached hydrogens (tertiary/aromatic N) is 3. The third-order valence-corrected chi connectivity index (χ3v) is 3.79. The third kappa shape index (κ3) is 3.20. The summed E-state index contributed by atoms with van der Waals surface area (Å²) in [7, 11) is 3.45. The highest BCUT2D eigenvalue weighted by molar-refractivity contribution is 8.18. The van der Waals surface area contributed by atoms with E-state index in [4.69, 9.17) is 4.74 Å². The Bertz CT molecular complexity index is 779. The number of methoxy groups -OCH3 is 1. The van der Waals surface area contributed by atoms with Gasteiger partial charge in [-0.05, 0) is 30.0 Å². The molecule has 1 aromatic carbocycles. The second kappa shape index (κ2) is 6.07. The lowest BCUT2D eigenvalue weighted by Crippen LogP contribution is -2.18. The van der Waals surface area contributed by atoms with Crippen LogP contribution in [0.4, 0.5) is 10.5 Å². The number of rotatable bonds is 3. The molecule has 1 aromatic heterocycles. The van der Waals surface area contributed by atoms with Gasteiger partial charge < -0.3 is 10.1 Å². The number of carbonyl (C=O) groups is 1. The number of hydrogen-bond acceptors (Lipinski definition) is 5. The van der Waals surface area contributed by atoms with Crippen molar-refractivity contribution in [2.75, 3.05) is 7.11 Å². The minimum Gasteiger partial charge on any atom is -0.497 e. The zero-order valence-corrected chi connectivity index (χ0v) is 12.9. The smallest absolute Gasteiger partial charge is 0.289 e. The topological polar surface area (TPSA) is 68.5 Å². The number of nitrogens with one attached hydrogen (secondary N) is 1. The highest BCUT2D eigenvalue weighted by atomic mass is 32.2. The van der Waals surface area contributed by atoms with Crippen molar-refractivity contribution in [2.45, 2.75) is 0 Å². The number of ether oxygens (including phenoxy) is 1. The highest BCUT2D eigenvalue weighted by Gasteiger charge is 2.23. The van der Waals surface area contributed by atoms with Gasteiger partial charge in [0.25, 0.3) is 5.24 Å². The van der Waals surface area contributed by atoms with Crippen LogP contribution in [-0.2, 0) is 7.05 Å². The molecule has 3 rings (SSSR count). The first-order chi connectivity index (χ1) is 10.6. The molecule has 1 saturated heterocycles. The van der Waals surface area contributed by atoms with Gasteiger partial charge >= 0.3 is 0 Å². The van der Waals surface area contributed by atoms with E-state index in [9.17, 15) is 4.79 Å². The maximum absolute atomic E-state index is 11.7. The summed E-state index contributed by atoms with van der Waals surface area (Å²) in [4.78, 5) is 16.9. The molecule has 0 bridgehead atoms. The van der Waals surface area contributed by atoms with Gasteiger partial charge in [0.05, 0.1) is 23.9 Å². The molecule has 1 N–H and O–H groups in total. The zero-order valence-electron chi connectivity index (χ0n) is 12.1. The standard InChI is InChI=1S/C15H14N4O2S/c1-19-9-10(8-16-19)6-13-14(18-15(20)22-13)17-11-4-3-5-12(7-11)21-2/h3-9H,1-2H3,(H,17,18,20)/b13-6-. The van der Waals surface area contributed by atoms with Crippen LogP contribution in [0.25, 0.3) is 6.08 Å². The lowest BCUT2D eigenvalue weighted by atomic mass is 10.3. The van der Waals surface area contributed by atoms with E-state index in [2.05, 4.69) is 15.4 Å². The van der Waals surface area contributed by atoms with Gasteiger partial charge in [-0.1, -0.05) is 6.07 Å². The van der Waals surface area contributed by atoms with Crippen LogP contribution in [0.2, 0.25) is 0 Å². The second-order valence-corrected chi connectivity index (χ2v) is 5.65. The minimum absolute atomic E-state index is 0.142. The molecule has 1 fully saturated rings. The molecule has 2 aromatic rings. The maximum Gasteiger partial charge on any atom is 0.289 e. The van der Waals surface area contributed by atoms with Crippen molar-refractivity contribution in [2.24, 2.45) is 12.0 Å². The van der Waals surface area contributed by atoms with Crippen molar-refractivity contribution in [1.29, 1.82) is 0 Å². The molecule has 22 heavy (non-hydrogen) atoms. The number of aryl methyl sites for hydroxylation is 1. The summed E-state index contributed by atoms with van der Waals surface area (Å²) in [5.41, 5.74) is 1.63. The fourth-order valence-electron chi connectivity index (χ4n) is 1.99. The monoisotopic (exact) mass is 314 g/mol. The Morgan fingerprint density at radius 2 is 2.32 bits per heavy atom. The first-order valence-electron chi connectivity index (χ1n) is 6.56. The quantitative estimate of drug-likeness (QED) is 0.945. The van der Waals surface area contributed by atoms with Crippen molar-refractivity contribution < 1.29 is 9.53 Å². The van der Waals surface area contributed by atoms with E-state index in [-0.39, 0.29) is 5.24 Å². The van der Waals surface area contributed by atoms with E-state index >= 15 is 0 Å². The number of amidine groups is 1. The molecule has 2 heterocycles. The Morgan fingerprint density at radius 3 is 3.05 bits per heavy atom. The van der Waals surface area contributed by atoms with Gasteiger partial charge in [0.2, 0.25) is 0 Å². The normalized spacial score (nSPS) is 18.0. The molecule has 1 amide bonds. The van der Waals surface area contributed by atoms with Gasteiger partial charge in [0, 0.05) is 24.9 Å². The number of aromatic nitrogens is 2. The van der Waals surface area contributed by atoms with E-state index in [0.29, 0.717) is 11.5 Å². The maximum atomic E-state index is 11.7. The molecule has 0 spiro atoms. The molecule has 0 saturated carbocycles. The fraction of sp³-hybridized carbons (Fsp3) is 0.133. The van der Waals surface area contributed by atoms with Crippen LogP contribution < -0.4 is 10.1 Å². The first-order valence-corrected chi connectivity index (χ1v) is 7.38. The second-order valence-electron chi connectivity index (χ2n) is 4.63. The summed E-state index contributed by atoms with van der Waals surface area (Å²) in [6.07, 6.45) is 5.49. The predicted molar refractivity (Wildman–Crippen MR) is 87.4 cm³/mol. The summed E-state index contributed by atoms with van der Waals surface area (Å²) in [5.74, 6) is 1.25. The Labute approximate surface area is 131 Å². The Hall–Kier alpha value is -2.54. The van der Waals surface area contributed by atoms with Crippen molar-refractivity contribution in [3.63, 3.8) is 0 Å². The molecule has 1 aliphatic heterocycles. The molecular weight excluding hydrogens is 300 g/mol. The van der Waals surface area contributed by atoms with Gasteiger partial charge in [0.1, 0.15) is 11.6 Å². The average Bonchev–Trinajstić information content (AvgIpc) is 3.05. The summed E-state index contributed by atoms with van der Waals surface area (Å²) in [6.45, 7) is 0. The molecule has 0 atom stereocenters. The fourth-order valence-corrected chi connectivity index (χ4v) is 2.72. The van der Waals surface area contributed by atoms with Gasteiger partial charge in [-0.3, -0.25) is 9.48 Å². The van der Waals surface area contributed by atoms with Crippen LogP contribution in [-0.4, -0.2) is 28.0 Å². The molecular formula is C15H14N4O2S. The third-order valence-electron chi connectivity index (χ3n) is 2.97. The number of thioether (sulfide) groups is 1. The van der Waals surface area contributed by atoms with Gasteiger partial charge in [-0.25, -0.2) is 4.99 Å². The van der Waals surface area contributed by atoms with Gasteiger partial charge in [-0.15, -0.1) is 0 Å². The number of amides is 1. The molecule has 6 nitrogen and oxygen atoms in total. The van der Waals surface area contributed by atoms with Crippen LogP contribution in [0, 0.1) is 0 Å². The zero-order chi connectivity index (χ0) is 15.5. The average molecular weight is 314 g/mol. The summed E-state index contributed by atoms with van der Waals surface area (Å²) < 4.78 is 6.89. The minimum atomic E-state index is -0.142. The Morgan fingerprint density at radius 1 is 1.45 bits per heavy atom. The SMILES string of the molecule is COc1cccc(N=C2NC(=O)S/C2=C\c2cnn(C)c2)c1. The molecule has 0 radical (unpaired) electrons. The van der Waals surface area contributed by atoms with Crippen molar-refractivity contribution in [3.8, 4) is 5.75 Å². The predicted octanol–water partition coefficient (Wildman–Crippen LogP) is 2.96. The van der Waals surface area contributed by atoms with Crippen LogP contribution in [0.5, 0.6) is 5.75 Å². The van der Waals surface area contributed by atoms with Crippen LogP contribution in [0.15, 0.2) is 46.6 Å². The summed E-state index contributed by atoms with van der Waals surface area (Å²) in [6, 6.07) is 7.36. The number of aliphatic imine (C=N–C) groups is 1. The van der Waals surface area contributed by atoms with E-state index < -0.39 is 0 Å². The lowest BCUT2D eigenvalue weighted by molar-refractivity contribution is 0.265. The number of benzene rings is 1. The van der Waals surface area contributed by atoms with Gasteiger partial charge in [-0.2, -0.15) is 5.10 Å². The molecule has 1 aliphatic rings.